The molecule has 2 aromatic rings. The number of nitrogens with zero attached hydrogens (tertiary/aromatic N) is 3. The number of aryl methyl sites for hydroxylation is 1. The van der Waals surface area contributed by atoms with Crippen LogP contribution in [0.4, 0.5) is 13.2 Å². The van der Waals surface area contributed by atoms with E-state index in [-0.39, 0.29) is 16.4 Å². The van der Waals surface area contributed by atoms with E-state index >= 15 is 0 Å². The first kappa shape index (κ1) is 15.4. The molecule has 0 aliphatic heterocycles. The monoisotopic (exact) mass is 321 g/mol. The van der Waals surface area contributed by atoms with Crippen LogP contribution >= 0.6 is 0 Å². The van der Waals surface area contributed by atoms with Crippen molar-refractivity contribution in [1.82, 2.24) is 24.9 Å². The fraction of sp³-hybridized carbons (Fsp3) is 0.300. The molecule has 0 fully saturated rings. The van der Waals surface area contributed by atoms with Gasteiger partial charge in [-0.2, -0.15) is 18.3 Å². The zero-order valence-corrected chi connectivity index (χ0v) is 11.5. The van der Waals surface area contributed by atoms with Gasteiger partial charge >= 0.3 is 6.18 Å². The van der Waals surface area contributed by atoms with Crippen molar-refractivity contribution in [1.29, 1.82) is 0 Å². The second kappa shape index (κ2) is 5.41. The molecule has 2 N–H and O–H groups in total. The Hall–Kier alpha value is -2.01. The third-order valence-corrected chi connectivity index (χ3v) is 3.76. The van der Waals surface area contributed by atoms with E-state index in [0.717, 1.165) is 18.5 Å². The average molecular weight is 321 g/mol. The maximum absolute atomic E-state index is 12.6. The summed E-state index contributed by atoms with van der Waals surface area (Å²) in [6, 6.07) is 0.786. The van der Waals surface area contributed by atoms with Crippen LogP contribution in [0.3, 0.4) is 0 Å². The van der Waals surface area contributed by atoms with Gasteiger partial charge < -0.3 is 0 Å². The summed E-state index contributed by atoms with van der Waals surface area (Å²) in [6.45, 7) is 0.906. The van der Waals surface area contributed by atoms with E-state index in [9.17, 15) is 21.6 Å². The molecule has 0 aliphatic rings. The second-order valence-electron chi connectivity index (χ2n) is 4.07. The van der Waals surface area contributed by atoms with E-state index in [1.54, 1.807) is 0 Å². The van der Waals surface area contributed by atoms with E-state index in [1.807, 2.05) is 0 Å². The minimum absolute atomic E-state index is 0.0924. The molecule has 0 spiro atoms. The molecule has 0 aromatic carbocycles. The summed E-state index contributed by atoms with van der Waals surface area (Å²) >= 11 is 0. The Bertz CT molecular complexity index is 728. The highest BCUT2D eigenvalue weighted by atomic mass is 32.2. The maximum atomic E-state index is 12.6. The molecular formula is C10H10F3N5O2S. The molecule has 0 saturated carbocycles. The summed E-state index contributed by atoms with van der Waals surface area (Å²) in [5, 5.41) is 5.80. The van der Waals surface area contributed by atoms with Crippen molar-refractivity contribution in [3.05, 3.63) is 35.7 Å². The third kappa shape index (κ3) is 3.76. The van der Waals surface area contributed by atoms with Crippen molar-refractivity contribution in [2.24, 2.45) is 0 Å². The standard InChI is InChI=1S/C10H10F3N5O2S/c1-6-2-8(10(11,12)13)18-9(17-6)5-16-21(19,20)7-3-14-15-4-7/h2-4,16H,5H2,1H3,(H,14,15). The van der Waals surface area contributed by atoms with Gasteiger partial charge in [0.1, 0.15) is 16.4 Å². The predicted octanol–water partition coefficient (Wildman–Crippen LogP) is 1.01. The van der Waals surface area contributed by atoms with Crippen molar-refractivity contribution in [3.63, 3.8) is 0 Å². The van der Waals surface area contributed by atoms with Gasteiger partial charge in [0.05, 0.1) is 12.7 Å². The molecule has 0 radical (unpaired) electrons. The maximum Gasteiger partial charge on any atom is 0.433 e. The number of halogens is 3. The molecule has 0 aliphatic carbocycles. The quantitative estimate of drug-likeness (QED) is 0.875. The first-order valence-corrected chi connectivity index (χ1v) is 7.07. The molecule has 0 bridgehead atoms. The van der Waals surface area contributed by atoms with Gasteiger partial charge in [-0.05, 0) is 13.0 Å². The molecule has 2 rings (SSSR count). The fourth-order valence-corrected chi connectivity index (χ4v) is 2.37. The van der Waals surface area contributed by atoms with E-state index in [1.165, 1.54) is 6.92 Å². The van der Waals surface area contributed by atoms with E-state index in [0.29, 0.717) is 0 Å². The summed E-state index contributed by atoms with van der Waals surface area (Å²) in [4.78, 5) is 6.94. The van der Waals surface area contributed by atoms with Crippen molar-refractivity contribution in [2.45, 2.75) is 24.5 Å². The van der Waals surface area contributed by atoms with E-state index in [2.05, 4.69) is 24.9 Å². The van der Waals surface area contributed by atoms with Gasteiger partial charge in [-0.1, -0.05) is 0 Å². The highest BCUT2D eigenvalue weighted by molar-refractivity contribution is 7.89. The van der Waals surface area contributed by atoms with Crippen LogP contribution in [-0.4, -0.2) is 28.6 Å². The van der Waals surface area contributed by atoms with Gasteiger partial charge in [0, 0.05) is 11.9 Å². The average Bonchev–Trinajstić information content (AvgIpc) is 2.89. The third-order valence-electron chi connectivity index (χ3n) is 2.39. The Balaban J connectivity index is 2.19. The lowest BCUT2D eigenvalue weighted by Gasteiger charge is -2.09. The molecule has 0 atom stereocenters. The summed E-state index contributed by atoms with van der Waals surface area (Å²) < 4.78 is 63.5. The minimum atomic E-state index is -4.62. The number of nitrogens with one attached hydrogen (secondary N) is 2. The number of hydrogen-bond donors (Lipinski definition) is 2. The van der Waals surface area contributed by atoms with Crippen molar-refractivity contribution >= 4 is 10.0 Å². The smallest absolute Gasteiger partial charge is 0.284 e. The van der Waals surface area contributed by atoms with Crippen LogP contribution in [0.2, 0.25) is 0 Å². The van der Waals surface area contributed by atoms with Crippen LogP contribution in [-0.2, 0) is 22.7 Å². The van der Waals surface area contributed by atoms with Gasteiger partial charge in [-0.15, -0.1) is 0 Å². The fourth-order valence-electron chi connectivity index (χ4n) is 1.48. The predicted molar refractivity (Wildman–Crippen MR) is 64.4 cm³/mol. The Morgan fingerprint density at radius 1 is 1.33 bits per heavy atom. The number of rotatable bonds is 4. The van der Waals surface area contributed by atoms with Gasteiger partial charge in [0.25, 0.3) is 0 Å². The van der Waals surface area contributed by atoms with Gasteiger partial charge in [0.15, 0.2) is 0 Å². The Morgan fingerprint density at radius 3 is 2.62 bits per heavy atom. The highest BCUT2D eigenvalue weighted by Gasteiger charge is 2.33. The highest BCUT2D eigenvalue weighted by Crippen LogP contribution is 2.27. The molecule has 0 saturated heterocycles. The van der Waals surface area contributed by atoms with Crippen LogP contribution in [0.25, 0.3) is 0 Å². The Kier molecular flexibility index (Phi) is 3.96. The second-order valence-corrected chi connectivity index (χ2v) is 5.83. The molecule has 0 unspecified atom stereocenters. The van der Waals surface area contributed by atoms with Crippen molar-refractivity contribution < 1.29 is 21.6 Å². The van der Waals surface area contributed by atoms with Crippen LogP contribution in [0.1, 0.15) is 17.2 Å². The van der Waals surface area contributed by atoms with E-state index < -0.39 is 28.4 Å². The summed E-state index contributed by atoms with van der Waals surface area (Å²) in [7, 11) is -3.88. The lowest BCUT2D eigenvalue weighted by atomic mass is 10.3. The number of aromatic nitrogens is 4. The lowest BCUT2D eigenvalue weighted by molar-refractivity contribution is -0.141. The molecule has 0 amide bonds. The van der Waals surface area contributed by atoms with Crippen molar-refractivity contribution in [3.8, 4) is 0 Å². The molecule has 11 heteroatoms. The molecule has 7 nitrogen and oxygen atoms in total. The Labute approximate surface area is 117 Å². The summed E-state index contributed by atoms with van der Waals surface area (Å²) in [5.74, 6) is -0.269. The SMILES string of the molecule is Cc1cc(C(F)(F)F)nc(CNS(=O)(=O)c2cn[nH]c2)n1. The van der Waals surface area contributed by atoms with Crippen LogP contribution < -0.4 is 4.72 Å². The number of hydrogen-bond acceptors (Lipinski definition) is 5. The molecular weight excluding hydrogens is 311 g/mol. The molecule has 114 valence electrons. The Morgan fingerprint density at radius 2 is 2.05 bits per heavy atom. The number of alkyl halides is 3. The summed E-state index contributed by atoms with van der Waals surface area (Å²) in [5.41, 5.74) is -1.03. The zero-order chi connectivity index (χ0) is 15.7. The minimum Gasteiger partial charge on any atom is -0.284 e. The van der Waals surface area contributed by atoms with Gasteiger partial charge in [-0.3, -0.25) is 5.10 Å². The van der Waals surface area contributed by atoms with Gasteiger partial charge in [-0.25, -0.2) is 23.1 Å². The van der Waals surface area contributed by atoms with Crippen molar-refractivity contribution in [2.75, 3.05) is 0 Å². The number of H-pyrrole nitrogens is 1. The molecule has 2 aromatic heterocycles. The van der Waals surface area contributed by atoms with E-state index in [4.69, 9.17) is 0 Å². The topological polar surface area (TPSA) is 101 Å². The normalized spacial score (nSPS) is 12.6. The molecule has 21 heavy (non-hydrogen) atoms. The van der Waals surface area contributed by atoms with Crippen LogP contribution in [0.5, 0.6) is 0 Å². The van der Waals surface area contributed by atoms with Crippen LogP contribution in [0, 0.1) is 6.92 Å². The molecule has 2 heterocycles. The largest absolute Gasteiger partial charge is 0.433 e. The first-order chi connectivity index (χ1) is 9.68. The zero-order valence-electron chi connectivity index (χ0n) is 10.6. The van der Waals surface area contributed by atoms with Gasteiger partial charge in [0.2, 0.25) is 10.0 Å². The number of sulfonamides is 1. The first-order valence-electron chi connectivity index (χ1n) is 5.59. The lowest BCUT2D eigenvalue weighted by Crippen LogP contribution is -2.25. The number of aromatic amines is 1. The summed E-state index contributed by atoms with van der Waals surface area (Å²) in [6.07, 6.45) is -2.41. The van der Waals surface area contributed by atoms with Crippen LogP contribution in [0.15, 0.2) is 23.4 Å².